The van der Waals surface area contributed by atoms with Gasteiger partial charge in [0.15, 0.2) is 0 Å². The molecule has 0 radical (unpaired) electrons. The van der Waals surface area contributed by atoms with Gasteiger partial charge in [0.1, 0.15) is 11.4 Å². The Balaban J connectivity index is 1.43. The minimum Gasteiger partial charge on any atom is -0.349 e. The van der Waals surface area contributed by atoms with Crippen molar-refractivity contribution in [3.63, 3.8) is 0 Å². The van der Waals surface area contributed by atoms with Gasteiger partial charge in [-0.2, -0.15) is 0 Å². The highest BCUT2D eigenvalue weighted by Crippen LogP contribution is 2.30. The molecule has 4 nitrogen and oxygen atoms in total. The van der Waals surface area contributed by atoms with E-state index in [0.717, 1.165) is 35.2 Å². The van der Waals surface area contributed by atoms with Crippen LogP contribution in [0.3, 0.4) is 0 Å². The van der Waals surface area contributed by atoms with E-state index >= 15 is 0 Å². The van der Waals surface area contributed by atoms with Crippen molar-refractivity contribution in [2.75, 3.05) is 5.75 Å². The van der Waals surface area contributed by atoms with Crippen molar-refractivity contribution in [1.82, 2.24) is 15.3 Å². The molecule has 0 fully saturated rings. The van der Waals surface area contributed by atoms with Crippen LogP contribution in [0.2, 0.25) is 0 Å². The normalized spacial score (nSPS) is 16.4. The molecule has 0 bridgehead atoms. The van der Waals surface area contributed by atoms with Crippen molar-refractivity contribution in [3.8, 4) is 0 Å². The largest absolute Gasteiger partial charge is 0.349 e. The van der Waals surface area contributed by atoms with Crippen molar-refractivity contribution in [3.05, 3.63) is 66.0 Å². The number of aromatic nitrogens is 2. The average molecular weight is 349 g/mol. The summed E-state index contributed by atoms with van der Waals surface area (Å²) in [4.78, 5) is 21.1. The number of thioether (sulfide) groups is 1. The summed E-state index contributed by atoms with van der Waals surface area (Å²) in [5, 5.41) is 5.03. The molecule has 3 aromatic rings. The first-order valence-corrected chi connectivity index (χ1v) is 9.49. The molecule has 1 amide bonds. The lowest BCUT2D eigenvalue weighted by Gasteiger charge is -2.26. The number of carbonyl (C=O) groups excluding carboxylic acids is 1. The highest BCUT2D eigenvalue weighted by Gasteiger charge is 2.21. The fourth-order valence-corrected chi connectivity index (χ4v) is 4.17. The number of nitrogens with one attached hydrogen (secondary N) is 1. The van der Waals surface area contributed by atoms with Gasteiger partial charge < -0.3 is 5.32 Å². The molecule has 1 heterocycles. The number of carbonyl (C=O) groups is 1. The van der Waals surface area contributed by atoms with E-state index in [9.17, 15) is 4.79 Å². The first-order valence-electron chi connectivity index (χ1n) is 8.51. The summed E-state index contributed by atoms with van der Waals surface area (Å²) < 4.78 is 0. The Morgan fingerprint density at radius 3 is 2.92 bits per heavy atom. The quantitative estimate of drug-likeness (QED) is 0.573. The van der Waals surface area contributed by atoms with Gasteiger partial charge in [0, 0.05) is 5.39 Å². The van der Waals surface area contributed by atoms with Gasteiger partial charge in [-0.3, -0.25) is 4.79 Å². The maximum atomic E-state index is 12.5. The van der Waals surface area contributed by atoms with Gasteiger partial charge >= 0.3 is 0 Å². The molecule has 1 N–H and O–H groups in total. The molecule has 25 heavy (non-hydrogen) atoms. The lowest BCUT2D eigenvalue weighted by Crippen LogP contribution is -2.32. The molecule has 0 saturated carbocycles. The first kappa shape index (κ1) is 16.1. The van der Waals surface area contributed by atoms with Crippen LogP contribution in [-0.2, 0) is 11.2 Å². The van der Waals surface area contributed by atoms with Crippen LogP contribution >= 0.6 is 11.8 Å². The van der Waals surface area contributed by atoms with Crippen LogP contribution in [-0.4, -0.2) is 21.6 Å². The second-order valence-electron chi connectivity index (χ2n) is 6.20. The van der Waals surface area contributed by atoms with Crippen LogP contribution in [0.4, 0.5) is 0 Å². The molecule has 5 heteroatoms. The topological polar surface area (TPSA) is 54.9 Å². The molecule has 1 aromatic heterocycles. The summed E-state index contributed by atoms with van der Waals surface area (Å²) in [6.07, 6.45) is 4.78. The predicted octanol–water partition coefficient (Wildman–Crippen LogP) is 3.92. The Morgan fingerprint density at radius 2 is 1.96 bits per heavy atom. The van der Waals surface area contributed by atoms with Gasteiger partial charge in [-0.15, -0.1) is 0 Å². The highest BCUT2D eigenvalue weighted by molar-refractivity contribution is 8.00. The van der Waals surface area contributed by atoms with Crippen LogP contribution in [0, 0.1) is 0 Å². The zero-order chi connectivity index (χ0) is 17.1. The van der Waals surface area contributed by atoms with Crippen molar-refractivity contribution in [2.45, 2.75) is 30.3 Å². The number of hydrogen-bond donors (Lipinski definition) is 1. The van der Waals surface area contributed by atoms with E-state index in [1.165, 1.54) is 22.9 Å². The van der Waals surface area contributed by atoms with Crippen LogP contribution < -0.4 is 5.32 Å². The summed E-state index contributed by atoms with van der Waals surface area (Å²) in [5.74, 6) is 0.411. The van der Waals surface area contributed by atoms with Gasteiger partial charge in [0.25, 0.3) is 0 Å². The number of benzene rings is 2. The standard InChI is InChI=1S/C20H19N3OS/c24-19(23-18-11-5-7-14-6-1-2-8-15(14)18)12-25-20-16-9-3-4-10-17(16)21-13-22-20/h1-4,6,8-10,13,18H,5,7,11-12H2,(H,23,24)/t18-/m1/s1. The molecular formula is C20H19N3OS. The zero-order valence-electron chi connectivity index (χ0n) is 13.8. The Labute approximate surface area is 151 Å². The first-order chi connectivity index (χ1) is 12.3. The summed E-state index contributed by atoms with van der Waals surface area (Å²) in [7, 11) is 0. The molecule has 4 rings (SSSR count). The predicted molar refractivity (Wildman–Crippen MR) is 101 cm³/mol. The maximum absolute atomic E-state index is 12.5. The van der Waals surface area contributed by atoms with Crippen molar-refractivity contribution in [1.29, 1.82) is 0 Å². The fourth-order valence-electron chi connectivity index (χ4n) is 3.37. The molecule has 1 aliphatic rings. The number of nitrogens with zero attached hydrogens (tertiary/aromatic N) is 2. The number of fused-ring (bicyclic) bond motifs is 2. The van der Waals surface area contributed by atoms with E-state index in [0.29, 0.717) is 5.75 Å². The molecule has 1 atom stereocenters. The second-order valence-corrected chi connectivity index (χ2v) is 7.16. The van der Waals surface area contributed by atoms with Crippen LogP contribution in [0.25, 0.3) is 10.9 Å². The second kappa shape index (κ2) is 7.23. The fraction of sp³-hybridized carbons (Fsp3) is 0.250. The van der Waals surface area contributed by atoms with Gasteiger partial charge in [-0.25, -0.2) is 9.97 Å². The number of para-hydroxylation sites is 1. The van der Waals surface area contributed by atoms with E-state index < -0.39 is 0 Å². The molecule has 0 saturated heterocycles. The third-order valence-electron chi connectivity index (χ3n) is 4.55. The van der Waals surface area contributed by atoms with Crippen molar-refractivity contribution >= 4 is 28.6 Å². The molecule has 0 unspecified atom stereocenters. The maximum Gasteiger partial charge on any atom is 0.230 e. The SMILES string of the molecule is O=C(CSc1ncnc2ccccc12)N[C@@H]1CCCc2ccccc21. The average Bonchev–Trinajstić information content (AvgIpc) is 2.66. The molecule has 0 spiro atoms. The van der Waals surface area contributed by atoms with Gasteiger partial charge in [-0.05, 0) is 36.5 Å². The lowest BCUT2D eigenvalue weighted by atomic mass is 9.88. The Bertz CT molecular complexity index is 907. The monoisotopic (exact) mass is 349 g/mol. The van der Waals surface area contributed by atoms with E-state index in [1.54, 1.807) is 6.33 Å². The van der Waals surface area contributed by atoms with Crippen LogP contribution in [0.1, 0.15) is 30.0 Å². The van der Waals surface area contributed by atoms with Crippen molar-refractivity contribution < 1.29 is 4.79 Å². The zero-order valence-corrected chi connectivity index (χ0v) is 14.6. The smallest absolute Gasteiger partial charge is 0.230 e. The number of rotatable bonds is 4. The van der Waals surface area contributed by atoms with Gasteiger partial charge in [0.2, 0.25) is 5.91 Å². The Morgan fingerprint density at radius 1 is 1.12 bits per heavy atom. The molecule has 0 aliphatic heterocycles. The molecular weight excluding hydrogens is 330 g/mol. The number of amides is 1. The Hall–Kier alpha value is -2.40. The number of hydrogen-bond acceptors (Lipinski definition) is 4. The highest BCUT2D eigenvalue weighted by atomic mass is 32.2. The minimum atomic E-state index is 0.0504. The van der Waals surface area contributed by atoms with Crippen LogP contribution in [0.5, 0.6) is 0 Å². The summed E-state index contributed by atoms with van der Waals surface area (Å²) >= 11 is 1.46. The van der Waals surface area contributed by atoms with E-state index in [1.807, 2.05) is 30.3 Å². The molecule has 2 aromatic carbocycles. The van der Waals surface area contributed by atoms with Gasteiger partial charge in [-0.1, -0.05) is 54.2 Å². The lowest BCUT2D eigenvalue weighted by molar-refractivity contribution is -0.119. The van der Waals surface area contributed by atoms with E-state index in [4.69, 9.17) is 0 Å². The van der Waals surface area contributed by atoms with E-state index in [-0.39, 0.29) is 11.9 Å². The van der Waals surface area contributed by atoms with Crippen LogP contribution in [0.15, 0.2) is 59.9 Å². The van der Waals surface area contributed by atoms with Crippen molar-refractivity contribution in [2.24, 2.45) is 0 Å². The minimum absolute atomic E-state index is 0.0504. The third kappa shape index (κ3) is 3.51. The van der Waals surface area contributed by atoms with E-state index in [2.05, 4.69) is 33.5 Å². The van der Waals surface area contributed by atoms with Gasteiger partial charge in [0.05, 0.1) is 17.3 Å². The summed E-state index contributed by atoms with van der Waals surface area (Å²) in [6, 6.07) is 16.4. The molecule has 126 valence electrons. The summed E-state index contributed by atoms with van der Waals surface area (Å²) in [5.41, 5.74) is 3.52. The number of aryl methyl sites for hydroxylation is 1. The third-order valence-corrected chi connectivity index (χ3v) is 5.56. The summed E-state index contributed by atoms with van der Waals surface area (Å²) in [6.45, 7) is 0. The Kier molecular flexibility index (Phi) is 4.65. The molecule has 1 aliphatic carbocycles.